The molecule has 0 radical (unpaired) electrons. The van der Waals surface area contributed by atoms with Gasteiger partial charge in [-0.15, -0.1) is 0 Å². The van der Waals surface area contributed by atoms with E-state index in [9.17, 15) is 9.59 Å². The van der Waals surface area contributed by atoms with Crippen molar-refractivity contribution < 1.29 is 19.0 Å². The van der Waals surface area contributed by atoms with Crippen LogP contribution in [-0.4, -0.2) is 78.4 Å². The molecule has 2 N–H and O–H groups in total. The van der Waals surface area contributed by atoms with Crippen LogP contribution < -0.4 is 5.73 Å². The normalized spacial score (nSPS) is 15.7. The van der Waals surface area contributed by atoms with Crippen LogP contribution in [0, 0.1) is 0 Å². The first-order valence-electron chi connectivity index (χ1n) is 12.3. The van der Waals surface area contributed by atoms with Crippen LogP contribution in [0.25, 0.3) is 33.8 Å². The van der Waals surface area contributed by atoms with Gasteiger partial charge in [-0.2, -0.15) is 0 Å². The number of likely N-dealkylation sites (tertiary alicyclic amines) is 1. The van der Waals surface area contributed by atoms with Gasteiger partial charge in [0.05, 0.1) is 22.8 Å². The second-order valence-corrected chi connectivity index (χ2v) is 10.4. The minimum atomic E-state index is -0.600. The van der Waals surface area contributed by atoms with Crippen molar-refractivity contribution >= 4 is 28.9 Å². The number of rotatable bonds is 4. The molecule has 1 aliphatic heterocycles. The van der Waals surface area contributed by atoms with Gasteiger partial charge in [-0.3, -0.25) is 9.78 Å². The lowest BCUT2D eigenvalue weighted by Crippen LogP contribution is -2.42. The summed E-state index contributed by atoms with van der Waals surface area (Å²) in [6.07, 6.45) is 1.80. The molecule has 12 nitrogen and oxygen atoms in total. The highest BCUT2D eigenvalue weighted by molar-refractivity contribution is 6.08. The number of hydrogen-bond donors (Lipinski definition) is 1. The zero-order valence-corrected chi connectivity index (χ0v) is 22.0. The van der Waals surface area contributed by atoms with Crippen molar-refractivity contribution in [1.82, 2.24) is 34.6 Å². The van der Waals surface area contributed by atoms with Gasteiger partial charge in [-0.1, -0.05) is 30.3 Å². The number of nitrogen functional groups attached to an aromatic ring is 1. The van der Waals surface area contributed by atoms with Crippen LogP contribution in [0.5, 0.6) is 0 Å². The number of ether oxygens (including phenoxy) is 1. The molecule has 2 amide bonds. The quantitative estimate of drug-likeness (QED) is 0.430. The molecule has 12 heteroatoms. The third kappa shape index (κ3) is 4.53. The van der Waals surface area contributed by atoms with Gasteiger partial charge in [-0.05, 0) is 37.5 Å². The van der Waals surface area contributed by atoms with Crippen LogP contribution in [-0.2, 0) is 11.8 Å². The van der Waals surface area contributed by atoms with Crippen molar-refractivity contribution in [2.45, 2.75) is 38.8 Å². The lowest BCUT2D eigenvalue weighted by atomic mass is 10.1. The van der Waals surface area contributed by atoms with E-state index in [2.05, 4.69) is 15.3 Å². The number of aryl methyl sites for hydroxylation is 1. The van der Waals surface area contributed by atoms with E-state index in [0.29, 0.717) is 47.6 Å². The summed E-state index contributed by atoms with van der Waals surface area (Å²) in [7, 11) is 3.48. The molecule has 1 atom stereocenters. The van der Waals surface area contributed by atoms with E-state index in [4.69, 9.17) is 20.1 Å². The topological polar surface area (TPSA) is 146 Å². The number of aromatic nitrogens is 5. The highest BCUT2D eigenvalue weighted by Gasteiger charge is 2.35. The van der Waals surface area contributed by atoms with Gasteiger partial charge < -0.3 is 24.8 Å². The van der Waals surface area contributed by atoms with Crippen molar-refractivity contribution in [1.29, 1.82) is 0 Å². The number of fused-ring (bicyclic) bond motifs is 1. The van der Waals surface area contributed by atoms with Crippen LogP contribution in [0.15, 0.2) is 41.2 Å². The molecule has 1 aliphatic rings. The van der Waals surface area contributed by atoms with Gasteiger partial charge in [-0.25, -0.2) is 14.4 Å². The number of benzene rings is 1. The highest BCUT2D eigenvalue weighted by Crippen LogP contribution is 2.33. The van der Waals surface area contributed by atoms with E-state index in [1.165, 1.54) is 0 Å². The Bertz CT molecular complexity index is 1500. The van der Waals surface area contributed by atoms with Gasteiger partial charge in [0.1, 0.15) is 11.1 Å². The van der Waals surface area contributed by atoms with Gasteiger partial charge in [0.15, 0.2) is 17.3 Å². The Morgan fingerprint density at radius 3 is 2.55 bits per heavy atom. The molecule has 0 spiro atoms. The van der Waals surface area contributed by atoms with E-state index in [1.807, 2.05) is 51.1 Å². The summed E-state index contributed by atoms with van der Waals surface area (Å²) in [4.78, 5) is 39.1. The molecule has 1 aromatic carbocycles. The Kier molecular flexibility index (Phi) is 6.25. The maximum Gasteiger partial charge on any atom is 0.410 e. The molecule has 1 saturated heterocycles. The number of nitrogens with two attached hydrogens (primary N) is 1. The molecule has 5 rings (SSSR count). The molecule has 3 aromatic heterocycles. The predicted molar refractivity (Wildman–Crippen MR) is 140 cm³/mol. The number of hydrogen-bond acceptors (Lipinski definition) is 9. The SMILES string of the molecule is CN(C(=O)OC(C)(C)C)C1CCN(C(=O)c2cnc(-c3ccccc3)c3nc(-c4nonc4N)n(C)c23)C1. The fourth-order valence-electron chi connectivity index (χ4n) is 4.65. The number of pyridine rings is 1. The number of nitrogens with zero attached hydrogens (tertiary/aromatic N) is 7. The third-order valence-corrected chi connectivity index (χ3v) is 6.58. The van der Waals surface area contributed by atoms with Crippen molar-refractivity contribution in [3.63, 3.8) is 0 Å². The second kappa shape index (κ2) is 9.43. The van der Waals surface area contributed by atoms with E-state index < -0.39 is 11.7 Å². The average molecular weight is 519 g/mol. The van der Waals surface area contributed by atoms with Crippen molar-refractivity contribution in [3.05, 3.63) is 42.1 Å². The van der Waals surface area contributed by atoms with Gasteiger partial charge in [0.25, 0.3) is 5.91 Å². The van der Waals surface area contributed by atoms with Crippen molar-refractivity contribution in [3.8, 4) is 22.8 Å². The highest BCUT2D eigenvalue weighted by atomic mass is 16.6. The molecular formula is C26H30N8O4. The maximum absolute atomic E-state index is 13.8. The van der Waals surface area contributed by atoms with Crippen LogP contribution in [0.3, 0.4) is 0 Å². The molecule has 0 saturated carbocycles. The van der Waals surface area contributed by atoms with E-state index >= 15 is 0 Å². The number of likely N-dealkylation sites (N-methyl/N-ethyl adjacent to an activating group) is 1. The molecule has 0 bridgehead atoms. The zero-order valence-electron chi connectivity index (χ0n) is 22.0. The number of carbonyl (C=O) groups excluding carboxylic acids is 2. The molecule has 4 aromatic rings. The Labute approximate surface area is 219 Å². The fourth-order valence-corrected chi connectivity index (χ4v) is 4.65. The number of anilines is 1. The molecule has 1 fully saturated rings. The average Bonchev–Trinajstić information content (AvgIpc) is 3.61. The summed E-state index contributed by atoms with van der Waals surface area (Å²) < 4.78 is 12.1. The minimum Gasteiger partial charge on any atom is -0.444 e. The summed E-state index contributed by atoms with van der Waals surface area (Å²) >= 11 is 0. The first-order valence-corrected chi connectivity index (χ1v) is 12.3. The number of imidazole rings is 1. The van der Waals surface area contributed by atoms with E-state index in [-0.39, 0.29) is 23.5 Å². The molecule has 0 aliphatic carbocycles. The molecule has 1 unspecified atom stereocenters. The summed E-state index contributed by atoms with van der Waals surface area (Å²) in [6.45, 7) is 6.34. The lowest BCUT2D eigenvalue weighted by Gasteiger charge is -2.28. The van der Waals surface area contributed by atoms with Crippen LogP contribution >= 0.6 is 0 Å². The first-order chi connectivity index (χ1) is 18.0. The predicted octanol–water partition coefficient (Wildman–Crippen LogP) is 3.35. The summed E-state index contributed by atoms with van der Waals surface area (Å²) in [5, 5.41) is 7.58. The summed E-state index contributed by atoms with van der Waals surface area (Å²) in [6, 6.07) is 9.45. The van der Waals surface area contributed by atoms with E-state index in [1.54, 1.807) is 34.7 Å². The van der Waals surface area contributed by atoms with Crippen LogP contribution in [0.2, 0.25) is 0 Å². The molecule has 198 valence electrons. The zero-order chi connectivity index (χ0) is 27.2. The largest absolute Gasteiger partial charge is 0.444 e. The molecular weight excluding hydrogens is 488 g/mol. The Hall–Kier alpha value is -4.48. The number of amides is 2. The summed E-state index contributed by atoms with van der Waals surface area (Å²) in [5.74, 6) is 0.294. The maximum atomic E-state index is 13.8. The second-order valence-electron chi connectivity index (χ2n) is 10.4. The van der Waals surface area contributed by atoms with Crippen molar-refractivity contribution in [2.75, 3.05) is 25.9 Å². The van der Waals surface area contributed by atoms with Gasteiger partial charge in [0, 0.05) is 38.9 Å². The smallest absolute Gasteiger partial charge is 0.410 e. The van der Waals surface area contributed by atoms with Crippen LogP contribution in [0.4, 0.5) is 10.6 Å². The van der Waals surface area contributed by atoms with E-state index in [0.717, 1.165) is 5.56 Å². The Morgan fingerprint density at radius 1 is 1.16 bits per heavy atom. The van der Waals surface area contributed by atoms with Gasteiger partial charge in [0.2, 0.25) is 0 Å². The van der Waals surface area contributed by atoms with Crippen molar-refractivity contribution in [2.24, 2.45) is 7.05 Å². The first kappa shape index (κ1) is 25.2. The monoisotopic (exact) mass is 518 g/mol. The Morgan fingerprint density at radius 2 is 1.89 bits per heavy atom. The standard InChI is InChI=1S/C26H30N8O4/c1-26(2,3)37-25(36)32(4)16-11-12-34(14-16)24(35)17-13-28-18(15-9-7-6-8-10-15)19-21(17)33(5)23(29-19)20-22(27)31-38-30-20/h6-10,13,16H,11-12,14H2,1-5H3,(H2,27,31). The summed E-state index contributed by atoms with van der Waals surface area (Å²) in [5.41, 5.74) is 8.62. The Balaban J connectivity index is 1.52. The fraction of sp³-hybridized carbons (Fsp3) is 0.385. The molecule has 38 heavy (non-hydrogen) atoms. The minimum absolute atomic E-state index is 0.0954. The molecule has 4 heterocycles. The number of carbonyl (C=O) groups is 2. The third-order valence-electron chi connectivity index (χ3n) is 6.58. The lowest BCUT2D eigenvalue weighted by molar-refractivity contribution is 0.0226. The van der Waals surface area contributed by atoms with Crippen LogP contribution in [0.1, 0.15) is 37.6 Å². The van der Waals surface area contributed by atoms with Gasteiger partial charge >= 0.3 is 6.09 Å².